The van der Waals surface area contributed by atoms with Crippen molar-refractivity contribution in [2.24, 2.45) is 0 Å². The Kier molecular flexibility index (Phi) is 3.11. The molecule has 0 aliphatic carbocycles. The predicted molar refractivity (Wildman–Crippen MR) is 68.1 cm³/mol. The number of fused-ring (bicyclic) bond motifs is 1. The first-order valence-corrected chi connectivity index (χ1v) is 5.56. The second kappa shape index (κ2) is 4.54. The van der Waals surface area contributed by atoms with Gasteiger partial charge in [-0.25, -0.2) is 0 Å². The number of pyridine rings is 1. The molecule has 0 saturated heterocycles. The second-order valence-corrected chi connectivity index (χ2v) is 3.98. The van der Waals surface area contributed by atoms with E-state index in [2.05, 4.69) is 6.58 Å². The zero-order chi connectivity index (χ0) is 11.5. The van der Waals surface area contributed by atoms with Crippen LogP contribution < -0.4 is 5.43 Å². The van der Waals surface area contributed by atoms with Crippen molar-refractivity contribution in [1.29, 1.82) is 0 Å². The fraction of sp³-hybridized carbons (Fsp3) is 0.154. The molecular weight excluding hydrogens is 222 g/mol. The summed E-state index contributed by atoms with van der Waals surface area (Å²) < 4.78 is 1.99. The van der Waals surface area contributed by atoms with Crippen LogP contribution in [0.25, 0.3) is 10.9 Å². The van der Waals surface area contributed by atoms with Crippen LogP contribution >= 0.6 is 11.6 Å². The highest BCUT2D eigenvalue weighted by atomic mass is 35.5. The molecular formula is C13H12ClNO. The van der Waals surface area contributed by atoms with E-state index >= 15 is 0 Å². The number of alkyl halides is 1. The van der Waals surface area contributed by atoms with Crippen LogP contribution in [-0.2, 0) is 6.54 Å². The van der Waals surface area contributed by atoms with E-state index in [1.165, 1.54) is 0 Å². The minimum atomic E-state index is 0.0448. The van der Waals surface area contributed by atoms with Crippen LogP contribution in [0.2, 0.25) is 0 Å². The molecule has 82 valence electrons. The van der Waals surface area contributed by atoms with Crippen LogP contribution in [0.1, 0.15) is 0 Å². The zero-order valence-corrected chi connectivity index (χ0v) is 9.57. The van der Waals surface area contributed by atoms with Crippen molar-refractivity contribution in [2.45, 2.75) is 6.54 Å². The molecule has 0 unspecified atom stereocenters. The van der Waals surface area contributed by atoms with Gasteiger partial charge in [-0.3, -0.25) is 4.79 Å². The summed E-state index contributed by atoms with van der Waals surface area (Å²) in [5, 5.41) is 0.729. The van der Waals surface area contributed by atoms with Gasteiger partial charge in [0.2, 0.25) is 0 Å². The van der Waals surface area contributed by atoms with E-state index in [9.17, 15) is 4.79 Å². The Labute approximate surface area is 98.8 Å². The van der Waals surface area contributed by atoms with Crippen molar-refractivity contribution in [2.75, 3.05) is 5.88 Å². The van der Waals surface area contributed by atoms with E-state index in [-0.39, 0.29) is 5.43 Å². The average Bonchev–Trinajstić information content (AvgIpc) is 2.33. The first-order chi connectivity index (χ1) is 7.72. The summed E-state index contributed by atoms with van der Waals surface area (Å²) in [4.78, 5) is 11.6. The van der Waals surface area contributed by atoms with Gasteiger partial charge in [-0.1, -0.05) is 18.7 Å². The normalized spacial score (nSPS) is 10.6. The largest absolute Gasteiger partial charge is 0.343 e. The number of nitrogens with zero attached hydrogens (tertiary/aromatic N) is 1. The first-order valence-electron chi connectivity index (χ1n) is 5.03. The predicted octanol–water partition coefficient (Wildman–Crippen LogP) is 2.80. The van der Waals surface area contributed by atoms with E-state index < -0.39 is 0 Å². The molecule has 16 heavy (non-hydrogen) atoms. The Morgan fingerprint density at radius 2 is 2.06 bits per heavy atom. The van der Waals surface area contributed by atoms with Gasteiger partial charge in [0.1, 0.15) is 0 Å². The van der Waals surface area contributed by atoms with Crippen LogP contribution in [0.15, 0.2) is 53.5 Å². The quantitative estimate of drug-likeness (QED) is 0.590. The van der Waals surface area contributed by atoms with Crippen LogP contribution in [0.4, 0.5) is 0 Å². The van der Waals surface area contributed by atoms with Crippen molar-refractivity contribution in [1.82, 2.24) is 4.57 Å². The SMILES string of the molecule is C=C(CCl)Cn1ccc(=O)c2ccccc21. The number of hydrogen-bond donors (Lipinski definition) is 0. The summed E-state index contributed by atoms with van der Waals surface area (Å²) in [7, 11) is 0. The van der Waals surface area contributed by atoms with Crippen LogP contribution in [0, 0.1) is 0 Å². The molecule has 0 aliphatic heterocycles. The van der Waals surface area contributed by atoms with Crippen molar-refractivity contribution >= 4 is 22.5 Å². The highest BCUT2D eigenvalue weighted by Gasteiger charge is 2.02. The molecule has 0 amide bonds. The second-order valence-electron chi connectivity index (χ2n) is 3.71. The Morgan fingerprint density at radius 1 is 1.31 bits per heavy atom. The maximum absolute atomic E-state index is 11.6. The fourth-order valence-corrected chi connectivity index (χ4v) is 1.77. The van der Waals surface area contributed by atoms with E-state index in [0.717, 1.165) is 16.5 Å². The van der Waals surface area contributed by atoms with E-state index in [0.29, 0.717) is 12.4 Å². The Balaban J connectivity index is 2.59. The third-order valence-corrected chi connectivity index (χ3v) is 2.85. The highest BCUT2D eigenvalue weighted by Crippen LogP contribution is 2.11. The summed E-state index contributed by atoms with van der Waals surface area (Å²) in [6.07, 6.45) is 1.78. The lowest BCUT2D eigenvalue weighted by molar-refractivity contribution is 0.813. The molecule has 1 heterocycles. The first kappa shape index (κ1) is 11.0. The number of allylic oxidation sites excluding steroid dienone is 1. The van der Waals surface area contributed by atoms with Crippen LogP contribution in [-0.4, -0.2) is 10.4 Å². The van der Waals surface area contributed by atoms with Crippen molar-refractivity contribution < 1.29 is 0 Å². The topological polar surface area (TPSA) is 22.0 Å². The molecule has 0 fully saturated rings. The molecule has 0 saturated carbocycles. The van der Waals surface area contributed by atoms with Gasteiger partial charge >= 0.3 is 0 Å². The molecule has 2 aromatic rings. The summed E-state index contributed by atoms with van der Waals surface area (Å²) in [5.74, 6) is 0.431. The summed E-state index contributed by atoms with van der Waals surface area (Å²) in [6.45, 7) is 4.51. The number of aromatic nitrogens is 1. The molecule has 0 aliphatic rings. The number of halogens is 1. The Bertz CT molecular complexity index is 586. The molecule has 2 nitrogen and oxygen atoms in total. The van der Waals surface area contributed by atoms with Gasteiger partial charge in [0.25, 0.3) is 0 Å². The van der Waals surface area contributed by atoms with E-state index in [4.69, 9.17) is 11.6 Å². The van der Waals surface area contributed by atoms with E-state index in [1.54, 1.807) is 12.3 Å². The van der Waals surface area contributed by atoms with Gasteiger partial charge in [-0.05, 0) is 17.7 Å². The van der Waals surface area contributed by atoms with Crippen molar-refractivity contribution in [3.05, 3.63) is 58.9 Å². The van der Waals surface area contributed by atoms with Gasteiger partial charge in [-0.2, -0.15) is 0 Å². The summed E-state index contributed by atoms with van der Waals surface area (Å²) >= 11 is 5.71. The standard InChI is InChI=1S/C13H12ClNO/c1-10(8-14)9-15-7-6-13(16)11-4-2-3-5-12(11)15/h2-7H,1,8-9H2. The van der Waals surface area contributed by atoms with Gasteiger partial charge in [0.15, 0.2) is 5.43 Å². The Hall–Kier alpha value is -1.54. The lowest BCUT2D eigenvalue weighted by atomic mass is 10.2. The molecule has 1 aromatic heterocycles. The van der Waals surface area contributed by atoms with Crippen molar-refractivity contribution in [3.8, 4) is 0 Å². The monoisotopic (exact) mass is 233 g/mol. The lowest BCUT2D eigenvalue weighted by Crippen LogP contribution is -2.09. The van der Waals surface area contributed by atoms with Crippen molar-refractivity contribution in [3.63, 3.8) is 0 Å². The van der Waals surface area contributed by atoms with Crippen LogP contribution in [0.5, 0.6) is 0 Å². The number of para-hydroxylation sites is 1. The van der Waals surface area contributed by atoms with Crippen LogP contribution in [0.3, 0.4) is 0 Å². The maximum Gasteiger partial charge on any atom is 0.189 e. The van der Waals surface area contributed by atoms with Gasteiger partial charge in [0, 0.05) is 30.1 Å². The summed E-state index contributed by atoms with van der Waals surface area (Å²) in [6, 6.07) is 9.12. The third kappa shape index (κ3) is 2.02. The molecule has 0 bridgehead atoms. The smallest absolute Gasteiger partial charge is 0.189 e. The molecule has 0 spiro atoms. The fourth-order valence-electron chi connectivity index (χ4n) is 1.68. The number of rotatable bonds is 3. The number of hydrogen-bond acceptors (Lipinski definition) is 1. The minimum absolute atomic E-state index is 0.0448. The molecule has 0 atom stereocenters. The third-order valence-electron chi connectivity index (χ3n) is 2.47. The lowest BCUT2D eigenvalue weighted by Gasteiger charge is -2.10. The summed E-state index contributed by atoms with van der Waals surface area (Å²) in [5.41, 5.74) is 1.89. The highest BCUT2D eigenvalue weighted by molar-refractivity contribution is 6.19. The van der Waals surface area contributed by atoms with Gasteiger partial charge < -0.3 is 4.57 Å². The average molecular weight is 234 g/mol. The maximum atomic E-state index is 11.6. The van der Waals surface area contributed by atoms with E-state index in [1.807, 2.05) is 28.8 Å². The number of benzene rings is 1. The molecule has 0 N–H and O–H groups in total. The van der Waals surface area contributed by atoms with Gasteiger partial charge in [-0.15, -0.1) is 11.6 Å². The molecule has 2 rings (SSSR count). The Morgan fingerprint density at radius 3 is 2.81 bits per heavy atom. The zero-order valence-electron chi connectivity index (χ0n) is 8.82. The molecule has 1 aromatic carbocycles. The minimum Gasteiger partial charge on any atom is -0.343 e. The molecule has 0 radical (unpaired) electrons. The van der Waals surface area contributed by atoms with Gasteiger partial charge in [0.05, 0.1) is 5.52 Å². The molecule has 3 heteroatoms.